The van der Waals surface area contributed by atoms with Crippen molar-refractivity contribution < 1.29 is 13.9 Å². The molecule has 2 amide bonds. The lowest BCUT2D eigenvalue weighted by molar-refractivity contribution is 0.104. The van der Waals surface area contributed by atoms with Crippen molar-refractivity contribution in [3.8, 4) is 0 Å². The van der Waals surface area contributed by atoms with Crippen molar-refractivity contribution in [3.05, 3.63) is 65.5 Å². The van der Waals surface area contributed by atoms with Gasteiger partial charge in [0.05, 0.1) is 6.10 Å². The van der Waals surface area contributed by atoms with Gasteiger partial charge >= 0.3 is 6.03 Å². The molecule has 2 N–H and O–H groups in total. The van der Waals surface area contributed by atoms with Crippen LogP contribution in [0.25, 0.3) is 0 Å². The lowest BCUT2D eigenvalue weighted by atomic mass is 10.1. The summed E-state index contributed by atoms with van der Waals surface area (Å²) >= 11 is 0. The van der Waals surface area contributed by atoms with Crippen LogP contribution in [-0.2, 0) is 4.74 Å². The number of carbonyl (C=O) groups is 1. The summed E-state index contributed by atoms with van der Waals surface area (Å²) in [5.41, 5.74) is 2.51. The molecule has 2 rings (SSSR count). The summed E-state index contributed by atoms with van der Waals surface area (Å²) in [6, 6.07) is 13.3. The largest absolute Gasteiger partial charge is 0.375 e. The smallest absolute Gasteiger partial charge is 0.319 e. The monoisotopic (exact) mass is 302 g/mol. The summed E-state index contributed by atoms with van der Waals surface area (Å²) in [7, 11) is 1.52. The zero-order valence-corrected chi connectivity index (χ0v) is 12.6. The minimum atomic E-state index is -0.403. The Morgan fingerprint density at radius 2 is 1.95 bits per heavy atom. The van der Waals surface area contributed by atoms with Gasteiger partial charge in [0.1, 0.15) is 5.82 Å². The zero-order chi connectivity index (χ0) is 15.9. The van der Waals surface area contributed by atoms with E-state index in [1.54, 1.807) is 12.1 Å². The minimum Gasteiger partial charge on any atom is -0.375 e. The quantitative estimate of drug-likeness (QED) is 0.886. The van der Waals surface area contributed by atoms with Crippen molar-refractivity contribution in [2.24, 2.45) is 0 Å². The molecule has 4 nitrogen and oxygen atoms in total. The van der Waals surface area contributed by atoms with Crippen molar-refractivity contribution >= 4 is 11.7 Å². The Bertz CT molecular complexity index is 629. The van der Waals surface area contributed by atoms with E-state index < -0.39 is 6.10 Å². The fourth-order valence-corrected chi connectivity index (χ4v) is 2.04. The van der Waals surface area contributed by atoms with Gasteiger partial charge in [0.2, 0.25) is 0 Å². The third-order valence-electron chi connectivity index (χ3n) is 3.26. The number of urea groups is 1. The van der Waals surface area contributed by atoms with Crippen LogP contribution in [0.5, 0.6) is 0 Å². The summed E-state index contributed by atoms with van der Waals surface area (Å²) < 4.78 is 18.5. The van der Waals surface area contributed by atoms with Crippen LogP contribution in [0.4, 0.5) is 14.9 Å². The van der Waals surface area contributed by atoms with E-state index in [2.05, 4.69) is 10.6 Å². The molecule has 0 aromatic heterocycles. The van der Waals surface area contributed by atoms with Crippen LogP contribution in [0.3, 0.4) is 0 Å². The van der Waals surface area contributed by atoms with E-state index in [0.29, 0.717) is 11.3 Å². The summed E-state index contributed by atoms with van der Waals surface area (Å²) in [6.07, 6.45) is -0.403. The van der Waals surface area contributed by atoms with E-state index in [4.69, 9.17) is 4.74 Å². The molecule has 0 heterocycles. The third kappa shape index (κ3) is 4.56. The number of amides is 2. The van der Waals surface area contributed by atoms with Crippen LogP contribution >= 0.6 is 0 Å². The number of hydrogen-bond donors (Lipinski definition) is 2. The molecule has 0 radical (unpaired) electrons. The van der Waals surface area contributed by atoms with Crippen molar-refractivity contribution in [1.82, 2.24) is 5.32 Å². The highest BCUT2D eigenvalue weighted by Crippen LogP contribution is 2.16. The maximum atomic E-state index is 13.2. The molecule has 116 valence electrons. The fraction of sp³-hybridized carbons (Fsp3) is 0.235. The average molecular weight is 302 g/mol. The predicted octanol–water partition coefficient (Wildman–Crippen LogP) is 3.64. The van der Waals surface area contributed by atoms with Gasteiger partial charge in [-0.05, 0) is 36.8 Å². The minimum absolute atomic E-state index is 0.248. The summed E-state index contributed by atoms with van der Waals surface area (Å²) in [5, 5.41) is 5.45. The molecule has 0 saturated heterocycles. The Kier molecular flexibility index (Phi) is 5.49. The predicted molar refractivity (Wildman–Crippen MR) is 84.4 cm³/mol. The number of carbonyl (C=O) groups excluding carboxylic acids is 1. The normalized spacial score (nSPS) is 11.8. The topological polar surface area (TPSA) is 50.4 Å². The number of benzene rings is 2. The van der Waals surface area contributed by atoms with Gasteiger partial charge in [-0.15, -0.1) is 0 Å². The van der Waals surface area contributed by atoms with E-state index in [-0.39, 0.29) is 18.4 Å². The molecule has 5 heteroatoms. The number of ether oxygens (including phenoxy) is 1. The lowest BCUT2D eigenvalue weighted by Gasteiger charge is -2.17. The fourth-order valence-electron chi connectivity index (χ4n) is 2.04. The van der Waals surface area contributed by atoms with Crippen LogP contribution in [0, 0.1) is 12.7 Å². The molecule has 0 bridgehead atoms. The van der Waals surface area contributed by atoms with Gasteiger partial charge in [-0.2, -0.15) is 0 Å². The van der Waals surface area contributed by atoms with Crippen LogP contribution in [0.2, 0.25) is 0 Å². The Morgan fingerprint density at radius 3 is 2.59 bits per heavy atom. The Balaban J connectivity index is 1.90. The summed E-state index contributed by atoms with van der Waals surface area (Å²) in [6.45, 7) is 2.23. The highest BCUT2D eigenvalue weighted by Gasteiger charge is 2.12. The third-order valence-corrected chi connectivity index (χ3v) is 3.26. The van der Waals surface area contributed by atoms with Crippen molar-refractivity contribution in [1.29, 1.82) is 0 Å². The second-order valence-corrected chi connectivity index (χ2v) is 4.98. The Morgan fingerprint density at radius 1 is 1.23 bits per heavy atom. The van der Waals surface area contributed by atoms with Crippen LogP contribution < -0.4 is 10.6 Å². The number of hydrogen-bond acceptors (Lipinski definition) is 2. The highest BCUT2D eigenvalue weighted by molar-refractivity contribution is 5.89. The van der Waals surface area contributed by atoms with Crippen molar-refractivity contribution in [2.45, 2.75) is 13.0 Å². The van der Waals surface area contributed by atoms with Gasteiger partial charge in [-0.25, -0.2) is 9.18 Å². The number of methoxy groups -OCH3 is 1. The van der Waals surface area contributed by atoms with Gasteiger partial charge in [0, 0.05) is 19.3 Å². The van der Waals surface area contributed by atoms with Crippen molar-refractivity contribution in [3.63, 3.8) is 0 Å². The SMILES string of the molecule is COC(CNC(=O)Nc1ccc(C)cc1)c1cccc(F)c1. The standard InChI is InChI=1S/C17H19FN2O2/c1-12-6-8-15(9-7-12)20-17(21)19-11-16(22-2)13-4-3-5-14(18)10-13/h3-10,16H,11H2,1-2H3,(H2,19,20,21). The van der Waals surface area contributed by atoms with Gasteiger partial charge < -0.3 is 15.4 Å². The summed E-state index contributed by atoms with van der Waals surface area (Å²) in [5.74, 6) is -0.330. The second kappa shape index (κ2) is 7.56. The molecular weight excluding hydrogens is 283 g/mol. The molecule has 1 unspecified atom stereocenters. The van der Waals surface area contributed by atoms with E-state index in [0.717, 1.165) is 5.56 Å². The molecular formula is C17H19FN2O2. The average Bonchev–Trinajstić information content (AvgIpc) is 2.50. The maximum Gasteiger partial charge on any atom is 0.319 e. The van der Waals surface area contributed by atoms with Crippen LogP contribution in [-0.4, -0.2) is 19.7 Å². The number of anilines is 1. The second-order valence-electron chi connectivity index (χ2n) is 4.98. The molecule has 0 aliphatic heterocycles. The zero-order valence-electron chi connectivity index (χ0n) is 12.6. The van der Waals surface area contributed by atoms with Crippen molar-refractivity contribution in [2.75, 3.05) is 19.0 Å². The van der Waals surface area contributed by atoms with Gasteiger partial charge in [-0.3, -0.25) is 0 Å². The Labute approximate surface area is 129 Å². The van der Waals surface area contributed by atoms with E-state index >= 15 is 0 Å². The van der Waals surface area contributed by atoms with Crippen LogP contribution in [0.1, 0.15) is 17.2 Å². The molecule has 0 aliphatic carbocycles. The Hall–Kier alpha value is -2.40. The number of halogens is 1. The van der Waals surface area contributed by atoms with E-state index in [1.165, 1.54) is 19.2 Å². The molecule has 0 fully saturated rings. The molecule has 0 saturated carbocycles. The lowest BCUT2D eigenvalue weighted by Crippen LogP contribution is -2.32. The van der Waals surface area contributed by atoms with Gasteiger partial charge in [0.15, 0.2) is 0 Å². The number of nitrogens with one attached hydrogen (secondary N) is 2. The maximum absolute atomic E-state index is 13.2. The number of rotatable bonds is 5. The van der Waals surface area contributed by atoms with Crippen LogP contribution in [0.15, 0.2) is 48.5 Å². The summed E-state index contributed by atoms with van der Waals surface area (Å²) in [4.78, 5) is 11.9. The highest BCUT2D eigenvalue weighted by atomic mass is 19.1. The first-order valence-electron chi connectivity index (χ1n) is 6.98. The number of aryl methyl sites for hydroxylation is 1. The molecule has 22 heavy (non-hydrogen) atoms. The molecule has 1 atom stereocenters. The van der Waals surface area contributed by atoms with E-state index in [9.17, 15) is 9.18 Å². The first-order chi connectivity index (χ1) is 10.6. The van der Waals surface area contributed by atoms with E-state index in [1.807, 2.05) is 31.2 Å². The first-order valence-corrected chi connectivity index (χ1v) is 6.98. The molecule has 2 aromatic rings. The van der Waals surface area contributed by atoms with Gasteiger partial charge in [-0.1, -0.05) is 29.8 Å². The molecule has 0 spiro atoms. The molecule has 2 aromatic carbocycles. The first kappa shape index (κ1) is 16.0. The molecule has 0 aliphatic rings. The van der Waals surface area contributed by atoms with Gasteiger partial charge in [0.25, 0.3) is 0 Å².